The van der Waals surface area contributed by atoms with E-state index in [0.717, 1.165) is 0 Å². The highest BCUT2D eigenvalue weighted by atomic mass is 35.5. The van der Waals surface area contributed by atoms with Gasteiger partial charge in [0.25, 0.3) is 0 Å². The van der Waals surface area contributed by atoms with Crippen LogP contribution in [-0.2, 0) is 9.53 Å². The van der Waals surface area contributed by atoms with Crippen molar-refractivity contribution in [3.8, 4) is 0 Å². The Kier molecular flexibility index (Phi) is 7.98. The fourth-order valence-corrected chi connectivity index (χ4v) is 2.11. The Hall–Kier alpha value is -3.39. The first-order valence-corrected chi connectivity index (χ1v) is 8.80. The third-order valence-corrected chi connectivity index (χ3v) is 3.56. The molecule has 3 N–H and O–H groups in total. The number of carbonyl (C=O) groups excluding carboxylic acids is 2. The molecular formula is C19H20ClN5O3. The number of esters is 1. The lowest BCUT2D eigenvalue weighted by Crippen LogP contribution is -2.30. The van der Waals surface area contributed by atoms with Crippen molar-refractivity contribution in [1.29, 1.82) is 0 Å². The zero-order valence-corrected chi connectivity index (χ0v) is 16.2. The second-order valence-electron chi connectivity index (χ2n) is 5.43. The highest BCUT2D eigenvalue weighted by molar-refractivity contribution is 6.65. The SMILES string of the molecule is CCOC(=O)C(=NNc1ccccc1)C(C)=NNC(=O)Nc1ccc(Cl)cc1. The zero-order valence-electron chi connectivity index (χ0n) is 15.4. The van der Waals surface area contributed by atoms with Crippen LogP contribution in [0.5, 0.6) is 0 Å². The van der Waals surface area contributed by atoms with Crippen LogP contribution in [0.3, 0.4) is 0 Å². The number of para-hydroxylation sites is 1. The number of hydrogen-bond donors (Lipinski definition) is 3. The summed E-state index contributed by atoms with van der Waals surface area (Å²) in [6, 6.07) is 15.1. The number of rotatable bonds is 7. The number of urea groups is 1. The molecule has 2 aromatic rings. The van der Waals surface area contributed by atoms with Crippen LogP contribution in [0.1, 0.15) is 13.8 Å². The predicted octanol–water partition coefficient (Wildman–Crippen LogP) is 3.87. The van der Waals surface area contributed by atoms with Crippen molar-refractivity contribution in [2.75, 3.05) is 17.3 Å². The van der Waals surface area contributed by atoms with Gasteiger partial charge in [-0.3, -0.25) is 5.43 Å². The minimum absolute atomic E-state index is 0.0579. The van der Waals surface area contributed by atoms with E-state index in [1.54, 1.807) is 43.3 Å². The summed E-state index contributed by atoms with van der Waals surface area (Å²) in [5.41, 5.74) is 6.42. The lowest BCUT2D eigenvalue weighted by atomic mass is 10.2. The predicted molar refractivity (Wildman–Crippen MR) is 111 cm³/mol. The van der Waals surface area contributed by atoms with Crippen molar-refractivity contribution >= 4 is 46.4 Å². The lowest BCUT2D eigenvalue weighted by molar-refractivity contribution is -0.134. The maximum Gasteiger partial charge on any atom is 0.360 e. The summed E-state index contributed by atoms with van der Waals surface area (Å²) in [4.78, 5) is 24.1. The molecule has 0 saturated carbocycles. The Morgan fingerprint density at radius 2 is 1.68 bits per heavy atom. The van der Waals surface area contributed by atoms with Gasteiger partial charge in [0.05, 0.1) is 18.0 Å². The van der Waals surface area contributed by atoms with Gasteiger partial charge in [0.1, 0.15) is 0 Å². The number of anilines is 2. The van der Waals surface area contributed by atoms with Gasteiger partial charge in [-0.25, -0.2) is 15.0 Å². The van der Waals surface area contributed by atoms with Gasteiger partial charge in [0, 0.05) is 10.7 Å². The topological polar surface area (TPSA) is 104 Å². The fourth-order valence-electron chi connectivity index (χ4n) is 1.99. The molecule has 0 spiro atoms. The molecule has 9 heteroatoms. The molecule has 0 heterocycles. The Morgan fingerprint density at radius 1 is 1.00 bits per heavy atom. The van der Waals surface area contributed by atoms with Crippen LogP contribution >= 0.6 is 11.6 Å². The number of amides is 2. The molecule has 146 valence electrons. The molecule has 0 aromatic heterocycles. The van der Waals surface area contributed by atoms with E-state index in [1.807, 2.05) is 18.2 Å². The van der Waals surface area contributed by atoms with Crippen molar-refractivity contribution in [3.63, 3.8) is 0 Å². The summed E-state index contributed by atoms with van der Waals surface area (Å²) in [7, 11) is 0. The summed E-state index contributed by atoms with van der Waals surface area (Å²) in [6.07, 6.45) is 0. The van der Waals surface area contributed by atoms with Gasteiger partial charge in [-0.2, -0.15) is 10.2 Å². The van der Waals surface area contributed by atoms with Crippen molar-refractivity contribution in [2.24, 2.45) is 10.2 Å². The molecule has 0 bridgehead atoms. The van der Waals surface area contributed by atoms with Gasteiger partial charge in [0.2, 0.25) is 0 Å². The van der Waals surface area contributed by atoms with E-state index in [2.05, 4.69) is 26.4 Å². The molecule has 2 amide bonds. The standard InChI is InChI=1S/C19H20ClN5O3/c1-3-28-18(26)17(24-23-16-7-5-4-6-8-16)13(2)22-25-19(27)21-15-11-9-14(20)10-12-15/h4-12,23H,3H2,1-2H3,(H2,21,25,27). The lowest BCUT2D eigenvalue weighted by Gasteiger charge is -2.08. The number of hydrazone groups is 2. The number of halogens is 1. The highest BCUT2D eigenvalue weighted by Crippen LogP contribution is 2.13. The third kappa shape index (κ3) is 6.73. The van der Waals surface area contributed by atoms with Crippen LogP contribution in [-0.4, -0.2) is 30.0 Å². The third-order valence-electron chi connectivity index (χ3n) is 3.31. The molecule has 0 aliphatic carbocycles. The van der Waals surface area contributed by atoms with Crippen molar-refractivity contribution < 1.29 is 14.3 Å². The molecule has 0 radical (unpaired) electrons. The van der Waals surface area contributed by atoms with Crippen molar-refractivity contribution in [3.05, 3.63) is 59.6 Å². The van der Waals surface area contributed by atoms with E-state index in [-0.39, 0.29) is 18.0 Å². The van der Waals surface area contributed by atoms with Crippen LogP contribution in [0.4, 0.5) is 16.2 Å². The summed E-state index contributed by atoms with van der Waals surface area (Å²) < 4.78 is 5.00. The number of carbonyl (C=O) groups is 2. The van der Waals surface area contributed by atoms with E-state index in [0.29, 0.717) is 16.4 Å². The molecule has 0 aliphatic heterocycles. The van der Waals surface area contributed by atoms with E-state index in [1.165, 1.54) is 6.92 Å². The molecule has 8 nitrogen and oxygen atoms in total. The maximum absolute atomic E-state index is 12.2. The average Bonchev–Trinajstić information content (AvgIpc) is 2.69. The van der Waals surface area contributed by atoms with Gasteiger partial charge < -0.3 is 10.1 Å². The Balaban J connectivity index is 2.07. The quantitative estimate of drug-likeness (QED) is 0.372. The second kappa shape index (κ2) is 10.7. The number of ether oxygens (including phenoxy) is 1. The van der Waals surface area contributed by atoms with Crippen LogP contribution < -0.4 is 16.2 Å². The van der Waals surface area contributed by atoms with E-state index >= 15 is 0 Å². The first-order chi connectivity index (χ1) is 13.5. The van der Waals surface area contributed by atoms with Crippen LogP contribution in [0.2, 0.25) is 5.02 Å². The summed E-state index contributed by atoms with van der Waals surface area (Å²) >= 11 is 5.80. The number of hydrogen-bond acceptors (Lipinski definition) is 6. The molecule has 0 fully saturated rings. The summed E-state index contributed by atoms with van der Waals surface area (Å²) in [5, 5.41) is 11.1. The van der Waals surface area contributed by atoms with Gasteiger partial charge in [0.15, 0.2) is 5.71 Å². The normalized spacial score (nSPS) is 11.5. The summed E-state index contributed by atoms with van der Waals surface area (Å²) in [5.74, 6) is -0.660. The van der Waals surface area contributed by atoms with Crippen LogP contribution in [0.15, 0.2) is 64.8 Å². The average molecular weight is 402 g/mol. The molecule has 2 aromatic carbocycles. The Bertz CT molecular complexity index is 867. The van der Waals surface area contributed by atoms with Gasteiger partial charge in [-0.15, -0.1) is 0 Å². The monoisotopic (exact) mass is 401 g/mol. The van der Waals surface area contributed by atoms with E-state index in [9.17, 15) is 9.59 Å². The number of benzene rings is 2. The van der Waals surface area contributed by atoms with Crippen LogP contribution in [0, 0.1) is 0 Å². The molecule has 28 heavy (non-hydrogen) atoms. The number of nitrogens with one attached hydrogen (secondary N) is 3. The highest BCUT2D eigenvalue weighted by Gasteiger charge is 2.17. The molecule has 2 rings (SSSR count). The first-order valence-electron chi connectivity index (χ1n) is 8.42. The molecule has 0 unspecified atom stereocenters. The number of nitrogens with zero attached hydrogens (tertiary/aromatic N) is 2. The molecule has 0 aliphatic rings. The molecular weight excluding hydrogens is 382 g/mol. The van der Waals surface area contributed by atoms with E-state index < -0.39 is 12.0 Å². The van der Waals surface area contributed by atoms with Gasteiger partial charge >= 0.3 is 12.0 Å². The Morgan fingerprint density at radius 3 is 2.32 bits per heavy atom. The summed E-state index contributed by atoms with van der Waals surface area (Å²) in [6.45, 7) is 3.40. The minimum atomic E-state index is -0.660. The maximum atomic E-state index is 12.2. The van der Waals surface area contributed by atoms with Crippen molar-refractivity contribution in [2.45, 2.75) is 13.8 Å². The van der Waals surface area contributed by atoms with E-state index in [4.69, 9.17) is 16.3 Å². The smallest absolute Gasteiger partial charge is 0.360 e. The molecule has 0 saturated heterocycles. The minimum Gasteiger partial charge on any atom is -0.461 e. The van der Waals surface area contributed by atoms with Gasteiger partial charge in [-0.05, 0) is 50.2 Å². The van der Waals surface area contributed by atoms with Gasteiger partial charge in [-0.1, -0.05) is 29.8 Å². The van der Waals surface area contributed by atoms with Crippen molar-refractivity contribution in [1.82, 2.24) is 5.43 Å². The first kappa shape index (κ1) is 20.9. The zero-order chi connectivity index (χ0) is 20.4. The fraction of sp³-hybridized carbons (Fsp3) is 0.158. The second-order valence-corrected chi connectivity index (χ2v) is 5.87. The largest absolute Gasteiger partial charge is 0.461 e. The Labute approximate surface area is 167 Å². The van der Waals surface area contributed by atoms with Crippen LogP contribution in [0.25, 0.3) is 0 Å². The molecule has 0 atom stereocenters.